The Bertz CT molecular complexity index is 1170. The number of pyridine rings is 1. The molecule has 8 nitrogen and oxygen atoms in total. The molecule has 0 aliphatic carbocycles. The Hall–Kier alpha value is -3.91. The number of hydrogen-bond acceptors (Lipinski definition) is 6. The van der Waals surface area contributed by atoms with E-state index in [1.165, 1.54) is 24.8 Å². The van der Waals surface area contributed by atoms with Gasteiger partial charge in [-0.2, -0.15) is 0 Å². The lowest BCUT2D eigenvalue weighted by Crippen LogP contribution is -2.49. The Morgan fingerprint density at radius 3 is 2.22 bits per heavy atom. The van der Waals surface area contributed by atoms with Crippen LogP contribution in [0, 0.1) is 0 Å². The number of nitrogens with zero attached hydrogens (tertiary/aromatic N) is 4. The van der Waals surface area contributed by atoms with Gasteiger partial charge in [-0.15, -0.1) is 0 Å². The number of benzene rings is 2. The predicted octanol–water partition coefficient (Wildman–Crippen LogP) is 4.64. The van der Waals surface area contributed by atoms with Gasteiger partial charge in [-0.25, -0.2) is 9.78 Å². The molecule has 3 aromatic rings. The monoisotopic (exact) mass is 499 g/mol. The van der Waals surface area contributed by atoms with Crippen LogP contribution in [0.2, 0.25) is 0 Å². The minimum Gasteiger partial charge on any atom is -0.410 e. The summed E-state index contributed by atoms with van der Waals surface area (Å²) >= 11 is 0. The second kappa shape index (κ2) is 11.9. The molecule has 2 fully saturated rings. The smallest absolute Gasteiger partial charge is 0.410 e. The number of rotatable bonds is 6. The molecule has 0 unspecified atom stereocenters. The van der Waals surface area contributed by atoms with Gasteiger partial charge >= 0.3 is 6.09 Å². The van der Waals surface area contributed by atoms with Crippen molar-refractivity contribution in [2.45, 2.75) is 25.8 Å². The highest BCUT2D eigenvalue weighted by atomic mass is 16.6. The number of aromatic nitrogens is 1. The number of amides is 2. The number of piperazine rings is 1. The first-order valence-corrected chi connectivity index (χ1v) is 13.0. The van der Waals surface area contributed by atoms with Crippen molar-refractivity contribution in [1.82, 2.24) is 14.8 Å². The standard InChI is InChI=1S/C29H33N5O3/c35-28(24-9-7-23(8-10-24)22-32-16-4-1-5-17-32)31-25-11-13-26(14-12-25)37-29(36)34-20-18-33(19-21-34)27-6-2-3-15-30-27/h2-3,6-15H,1,4-5,16-22H2,(H,31,35). The van der Waals surface area contributed by atoms with Crippen LogP contribution in [-0.4, -0.2) is 66.1 Å². The van der Waals surface area contributed by atoms with E-state index in [2.05, 4.69) is 20.1 Å². The molecule has 37 heavy (non-hydrogen) atoms. The lowest BCUT2D eigenvalue weighted by Gasteiger charge is -2.34. The van der Waals surface area contributed by atoms with E-state index < -0.39 is 0 Å². The fourth-order valence-corrected chi connectivity index (χ4v) is 4.77. The highest BCUT2D eigenvalue weighted by molar-refractivity contribution is 6.04. The maximum atomic E-state index is 12.7. The molecule has 2 aliphatic heterocycles. The molecule has 2 aliphatic rings. The van der Waals surface area contributed by atoms with Crippen LogP contribution in [0.5, 0.6) is 5.75 Å². The number of piperidine rings is 1. The number of anilines is 2. The van der Waals surface area contributed by atoms with Crippen LogP contribution >= 0.6 is 0 Å². The Morgan fingerprint density at radius 2 is 1.54 bits per heavy atom. The van der Waals surface area contributed by atoms with E-state index in [-0.39, 0.29) is 12.0 Å². The summed E-state index contributed by atoms with van der Waals surface area (Å²) in [6.07, 6.45) is 5.25. The second-order valence-corrected chi connectivity index (χ2v) is 9.54. The molecule has 8 heteroatoms. The summed E-state index contributed by atoms with van der Waals surface area (Å²) in [5, 5.41) is 2.91. The van der Waals surface area contributed by atoms with Crippen LogP contribution in [0.3, 0.4) is 0 Å². The van der Waals surface area contributed by atoms with Crippen molar-refractivity contribution in [2.75, 3.05) is 49.5 Å². The fraction of sp³-hybridized carbons (Fsp3) is 0.345. The van der Waals surface area contributed by atoms with Crippen molar-refractivity contribution >= 4 is 23.5 Å². The van der Waals surface area contributed by atoms with Crippen molar-refractivity contribution in [3.63, 3.8) is 0 Å². The summed E-state index contributed by atoms with van der Waals surface area (Å²) < 4.78 is 5.55. The summed E-state index contributed by atoms with van der Waals surface area (Å²) in [6, 6.07) is 20.5. The predicted molar refractivity (Wildman–Crippen MR) is 144 cm³/mol. The lowest BCUT2D eigenvalue weighted by molar-refractivity contribution is 0.102. The zero-order valence-electron chi connectivity index (χ0n) is 21.0. The zero-order valence-corrected chi connectivity index (χ0v) is 21.0. The molecule has 1 N–H and O–H groups in total. The number of hydrogen-bond donors (Lipinski definition) is 1. The summed E-state index contributed by atoms with van der Waals surface area (Å²) in [7, 11) is 0. The zero-order chi connectivity index (χ0) is 25.5. The van der Waals surface area contributed by atoms with Crippen LogP contribution in [0.1, 0.15) is 35.2 Å². The first-order valence-electron chi connectivity index (χ1n) is 13.0. The molecule has 2 amide bonds. The van der Waals surface area contributed by atoms with Crippen molar-refractivity contribution in [2.24, 2.45) is 0 Å². The normalized spacial score (nSPS) is 16.3. The first kappa shape index (κ1) is 24.8. The molecule has 0 radical (unpaired) electrons. The molecule has 5 rings (SSSR count). The minimum absolute atomic E-state index is 0.167. The van der Waals surface area contributed by atoms with Gasteiger partial charge in [-0.3, -0.25) is 9.69 Å². The second-order valence-electron chi connectivity index (χ2n) is 9.54. The van der Waals surface area contributed by atoms with E-state index in [0.717, 1.165) is 25.5 Å². The number of carbonyl (C=O) groups is 2. The minimum atomic E-state index is -0.373. The number of ether oxygens (including phenoxy) is 1. The number of carbonyl (C=O) groups excluding carboxylic acids is 2. The molecule has 0 atom stereocenters. The topological polar surface area (TPSA) is 78.0 Å². The third kappa shape index (κ3) is 6.65. The molecule has 3 heterocycles. The summed E-state index contributed by atoms with van der Waals surface area (Å²) in [4.78, 5) is 36.0. The summed E-state index contributed by atoms with van der Waals surface area (Å²) in [5.74, 6) is 1.19. The third-order valence-corrected chi connectivity index (χ3v) is 6.90. The van der Waals surface area contributed by atoms with Gasteiger partial charge in [0, 0.05) is 50.2 Å². The average Bonchev–Trinajstić information content (AvgIpc) is 2.95. The molecular weight excluding hydrogens is 466 g/mol. The maximum absolute atomic E-state index is 12.7. The van der Waals surface area contributed by atoms with E-state index in [0.29, 0.717) is 43.2 Å². The Morgan fingerprint density at radius 1 is 0.811 bits per heavy atom. The van der Waals surface area contributed by atoms with Crippen LogP contribution < -0.4 is 15.0 Å². The maximum Gasteiger partial charge on any atom is 0.415 e. The Balaban J connectivity index is 1.08. The molecule has 0 spiro atoms. The highest BCUT2D eigenvalue weighted by Gasteiger charge is 2.23. The van der Waals surface area contributed by atoms with Gasteiger partial charge in [-0.05, 0) is 80.0 Å². The highest BCUT2D eigenvalue weighted by Crippen LogP contribution is 2.19. The van der Waals surface area contributed by atoms with Crippen LogP contribution in [0.4, 0.5) is 16.3 Å². The van der Waals surface area contributed by atoms with Crippen LogP contribution in [0.25, 0.3) is 0 Å². The molecule has 0 saturated carbocycles. The Kier molecular flexibility index (Phi) is 7.96. The van der Waals surface area contributed by atoms with Gasteiger partial charge in [0.1, 0.15) is 11.6 Å². The first-order chi connectivity index (χ1) is 18.1. The molecule has 0 bridgehead atoms. The Labute approximate surface area is 217 Å². The average molecular weight is 500 g/mol. The molecular formula is C29H33N5O3. The van der Waals surface area contributed by atoms with Crippen molar-refractivity contribution in [1.29, 1.82) is 0 Å². The van der Waals surface area contributed by atoms with Gasteiger partial charge in [0.05, 0.1) is 0 Å². The summed E-state index contributed by atoms with van der Waals surface area (Å²) in [6.45, 7) is 5.78. The van der Waals surface area contributed by atoms with Gasteiger partial charge in [0.15, 0.2) is 0 Å². The van der Waals surface area contributed by atoms with E-state index in [1.54, 1.807) is 35.4 Å². The van der Waals surface area contributed by atoms with Gasteiger partial charge in [0.2, 0.25) is 0 Å². The van der Waals surface area contributed by atoms with Crippen molar-refractivity contribution < 1.29 is 14.3 Å². The molecule has 2 aromatic carbocycles. The fourth-order valence-electron chi connectivity index (χ4n) is 4.77. The van der Waals surface area contributed by atoms with Crippen molar-refractivity contribution in [3.8, 4) is 5.75 Å². The summed E-state index contributed by atoms with van der Waals surface area (Å²) in [5.41, 5.74) is 2.48. The van der Waals surface area contributed by atoms with Crippen LogP contribution in [0.15, 0.2) is 72.9 Å². The van der Waals surface area contributed by atoms with Gasteiger partial charge in [-0.1, -0.05) is 24.6 Å². The molecule has 2 saturated heterocycles. The van der Waals surface area contributed by atoms with E-state index in [1.807, 2.05) is 42.5 Å². The van der Waals surface area contributed by atoms with Crippen molar-refractivity contribution in [3.05, 3.63) is 84.1 Å². The number of nitrogens with one attached hydrogen (secondary N) is 1. The van der Waals surface area contributed by atoms with E-state index >= 15 is 0 Å². The van der Waals surface area contributed by atoms with E-state index in [9.17, 15) is 9.59 Å². The van der Waals surface area contributed by atoms with Gasteiger partial charge < -0.3 is 19.9 Å². The quantitative estimate of drug-likeness (QED) is 0.532. The SMILES string of the molecule is O=C(Nc1ccc(OC(=O)N2CCN(c3ccccn3)CC2)cc1)c1ccc(CN2CCCCC2)cc1. The van der Waals surface area contributed by atoms with E-state index in [4.69, 9.17) is 4.74 Å². The number of likely N-dealkylation sites (tertiary alicyclic amines) is 1. The van der Waals surface area contributed by atoms with Gasteiger partial charge in [0.25, 0.3) is 5.91 Å². The van der Waals surface area contributed by atoms with Crippen LogP contribution in [-0.2, 0) is 6.54 Å². The third-order valence-electron chi connectivity index (χ3n) is 6.90. The largest absolute Gasteiger partial charge is 0.415 e. The lowest BCUT2D eigenvalue weighted by atomic mass is 10.1. The molecule has 1 aromatic heterocycles. The molecule has 192 valence electrons.